The molecule has 2 nitrogen and oxygen atoms in total. The Kier molecular flexibility index (Phi) is 0.868. The largest absolute Gasteiger partial charge is 0.295 e. The molecule has 1 saturated heterocycles. The number of hydrogen-bond acceptors (Lipinski definition) is 2. The summed E-state index contributed by atoms with van der Waals surface area (Å²) in [6.45, 7) is 1.11. The first kappa shape index (κ1) is 5.56. The third-order valence-corrected chi connectivity index (χ3v) is 3.58. The number of rotatable bonds is 0. The minimum atomic E-state index is 0.310. The highest BCUT2D eigenvalue weighted by Gasteiger charge is 2.56. The van der Waals surface area contributed by atoms with Crippen LogP contribution in [0.2, 0.25) is 0 Å². The molecule has 2 heteroatoms. The molecule has 1 aliphatic heterocycles. The van der Waals surface area contributed by atoms with Crippen LogP contribution in [0.5, 0.6) is 0 Å². The summed E-state index contributed by atoms with van der Waals surface area (Å²) < 4.78 is 0. The predicted molar refractivity (Wildman–Crippen MR) is 37.3 cm³/mol. The molecule has 10 heavy (non-hydrogen) atoms. The lowest BCUT2D eigenvalue weighted by molar-refractivity contribution is -0.0564. The average molecular weight is 139 g/mol. The Morgan fingerprint density at radius 2 is 2.50 bits per heavy atom. The highest BCUT2D eigenvalue weighted by Crippen LogP contribution is 2.54. The molecule has 0 amide bonds. The van der Waals surface area contributed by atoms with Crippen molar-refractivity contribution in [2.45, 2.75) is 31.3 Å². The third kappa shape index (κ3) is 0.487. The van der Waals surface area contributed by atoms with Crippen molar-refractivity contribution in [2.75, 3.05) is 6.54 Å². The van der Waals surface area contributed by atoms with Gasteiger partial charge in [-0.3, -0.25) is 4.84 Å². The molecule has 3 rings (SSSR count). The Balaban J connectivity index is 1.99. The SMILES string of the molecule is C1CC23CC1CC2CNO3. The monoisotopic (exact) mass is 139 g/mol. The minimum absolute atomic E-state index is 0.310. The minimum Gasteiger partial charge on any atom is -0.295 e. The van der Waals surface area contributed by atoms with Gasteiger partial charge in [0.15, 0.2) is 0 Å². The lowest BCUT2D eigenvalue weighted by atomic mass is 9.86. The smallest absolute Gasteiger partial charge is 0.0940 e. The van der Waals surface area contributed by atoms with Crippen LogP contribution in [0.1, 0.15) is 25.7 Å². The van der Waals surface area contributed by atoms with Crippen molar-refractivity contribution in [3.8, 4) is 0 Å². The predicted octanol–water partition coefficient (Wildman–Crippen LogP) is 1.08. The molecule has 1 N–H and O–H groups in total. The highest BCUT2D eigenvalue weighted by molar-refractivity contribution is 5.05. The van der Waals surface area contributed by atoms with Crippen LogP contribution < -0.4 is 5.48 Å². The van der Waals surface area contributed by atoms with Gasteiger partial charge in [-0.25, -0.2) is 5.48 Å². The molecule has 0 radical (unpaired) electrons. The number of hydroxylamine groups is 1. The van der Waals surface area contributed by atoms with E-state index in [0.29, 0.717) is 5.60 Å². The van der Waals surface area contributed by atoms with Crippen LogP contribution in [-0.2, 0) is 4.84 Å². The molecule has 0 aromatic rings. The average Bonchev–Trinajstić information content (AvgIpc) is 2.48. The summed E-state index contributed by atoms with van der Waals surface area (Å²) in [5.41, 5.74) is 3.35. The van der Waals surface area contributed by atoms with Crippen LogP contribution in [0.3, 0.4) is 0 Å². The van der Waals surface area contributed by atoms with Gasteiger partial charge >= 0.3 is 0 Å². The second-order valence-corrected chi connectivity index (χ2v) is 4.06. The Labute approximate surface area is 60.9 Å². The zero-order valence-electron chi connectivity index (χ0n) is 6.10. The second kappa shape index (κ2) is 1.56. The summed E-state index contributed by atoms with van der Waals surface area (Å²) in [6.07, 6.45) is 5.49. The van der Waals surface area contributed by atoms with E-state index in [0.717, 1.165) is 18.4 Å². The van der Waals surface area contributed by atoms with E-state index in [4.69, 9.17) is 4.84 Å². The standard InChI is InChI=1S/C8H13NO/c1-2-8-4-6(1)3-7(8)5-9-10-8/h6-7,9H,1-5H2. The Morgan fingerprint density at radius 1 is 1.50 bits per heavy atom. The van der Waals surface area contributed by atoms with Gasteiger partial charge in [-0.05, 0) is 31.6 Å². The quantitative estimate of drug-likeness (QED) is 0.542. The molecular weight excluding hydrogens is 126 g/mol. The van der Waals surface area contributed by atoms with E-state index in [-0.39, 0.29) is 0 Å². The molecule has 3 aliphatic rings. The van der Waals surface area contributed by atoms with Crippen LogP contribution >= 0.6 is 0 Å². The maximum atomic E-state index is 5.61. The second-order valence-electron chi connectivity index (χ2n) is 4.06. The molecule has 2 bridgehead atoms. The lowest BCUT2D eigenvalue weighted by Crippen LogP contribution is -2.29. The van der Waals surface area contributed by atoms with E-state index in [1.54, 1.807) is 0 Å². The summed E-state index contributed by atoms with van der Waals surface area (Å²) in [7, 11) is 0. The molecular formula is C8H13NO. The molecule has 1 heterocycles. The molecule has 2 saturated carbocycles. The van der Waals surface area contributed by atoms with Gasteiger partial charge in [0.25, 0.3) is 0 Å². The van der Waals surface area contributed by atoms with Crippen LogP contribution in [-0.4, -0.2) is 12.1 Å². The summed E-state index contributed by atoms with van der Waals surface area (Å²) in [6, 6.07) is 0. The third-order valence-electron chi connectivity index (χ3n) is 3.58. The van der Waals surface area contributed by atoms with Gasteiger partial charge in [0.05, 0.1) is 5.60 Å². The summed E-state index contributed by atoms with van der Waals surface area (Å²) in [5, 5.41) is 0. The van der Waals surface area contributed by atoms with E-state index < -0.39 is 0 Å². The van der Waals surface area contributed by atoms with Crippen molar-refractivity contribution >= 4 is 0 Å². The summed E-state index contributed by atoms with van der Waals surface area (Å²) in [5.74, 6) is 1.86. The van der Waals surface area contributed by atoms with Gasteiger partial charge in [-0.15, -0.1) is 0 Å². The first-order valence-corrected chi connectivity index (χ1v) is 4.30. The number of fused-ring (bicyclic) bond motifs is 1. The summed E-state index contributed by atoms with van der Waals surface area (Å²) in [4.78, 5) is 5.61. The fourth-order valence-corrected chi connectivity index (χ4v) is 3.06. The summed E-state index contributed by atoms with van der Waals surface area (Å²) >= 11 is 0. The van der Waals surface area contributed by atoms with Gasteiger partial charge in [0.2, 0.25) is 0 Å². The van der Waals surface area contributed by atoms with E-state index in [1.807, 2.05) is 0 Å². The molecule has 0 aromatic carbocycles. The van der Waals surface area contributed by atoms with Crippen LogP contribution in [0.4, 0.5) is 0 Å². The van der Waals surface area contributed by atoms with Gasteiger partial charge < -0.3 is 0 Å². The van der Waals surface area contributed by atoms with E-state index in [9.17, 15) is 0 Å². The maximum absolute atomic E-state index is 5.61. The maximum Gasteiger partial charge on any atom is 0.0940 e. The van der Waals surface area contributed by atoms with Gasteiger partial charge in [-0.2, -0.15) is 0 Å². The fourth-order valence-electron chi connectivity index (χ4n) is 3.06. The zero-order chi connectivity index (χ0) is 6.60. The molecule has 3 atom stereocenters. The lowest BCUT2D eigenvalue weighted by Gasteiger charge is -2.24. The first-order chi connectivity index (χ1) is 4.89. The molecule has 56 valence electrons. The van der Waals surface area contributed by atoms with Crippen molar-refractivity contribution in [3.05, 3.63) is 0 Å². The van der Waals surface area contributed by atoms with E-state index in [2.05, 4.69) is 5.48 Å². The number of nitrogens with one attached hydrogen (secondary N) is 1. The van der Waals surface area contributed by atoms with Gasteiger partial charge in [-0.1, -0.05) is 0 Å². The first-order valence-electron chi connectivity index (χ1n) is 4.30. The Bertz CT molecular complexity index is 167. The zero-order valence-corrected chi connectivity index (χ0v) is 6.10. The van der Waals surface area contributed by atoms with Crippen LogP contribution in [0.25, 0.3) is 0 Å². The van der Waals surface area contributed by atoms with Crippen molar-refractivity contribution in [1.82, 2.24) is 5.48 Å². The molecule has 3 unspecified atom stereocenters. The van der Waals surface area contributed by atoms with E-state index in [1.165, 1.54) is 25.7 Å². The molecule has 2 aliphatic carbocycles. The van der Waals surface area contributed by atoms with E-state index >= 15 is 0 Å². The van der Waals surface area contributed by atoms with Crippen molar-refractivity contribution in [1.29, 1.82) is 0 Å². The molecule has 1 spiro atoms. The normalized spacial score (nSPS) is 57.6. The topological polar surface area (TPSA) is 21.3 Å². The Hall–Kier alpha value is -0.0800. The molecule has 3 fully saturated rings. The fraction of sp³-hybridized carbons (Fsp3) is 1.00. The van der Waals surface area contributed by atoms with Crippen LogP contribution in [0, 0.1) is 11.8 Å². The highest BCUT2D eigenvalue weighted by atomic mass is 16.7. The van der Waals surface area contributed by atoms with Crippen LogP contribution in [0.15, 0.2) is 0 Å². The number of hydrogen-bond donors (Lipinski definition) is 1. The Morgan fingerprint density at radius 3 is 3.30 bits per heavy atom. The van der Waals surface area contributed by atoms with Gasteiger partial charge in [0, 0.05) is 12.5 Å². The molecule has 0 aromatic heterocycles. The van der Waals surface area contributed by atoms with Crippen molar-refractivity contribution in [3.63, 3.8) is 0 Å². The van der Waals surface area contributed by atoms with Crippen molar-refractivity contribution in [2.24, 2.45) is 11.8 Å². The van der Waals surface area contributed by atoms with Crippen molar-refractivity contribution < 1.29 is 4.84 Å². The van der Waals surface area contributed by atoms with Gasteiger partial charge in [0.1, 0.15) is 0 Å².